The van der Waals surface area contributed by atoms with E-state index >= 15 is 0 Å². The van der Waals surface area contributed by atoms with Gasteiger partial charge in [-0.15, -0.1) is 0 Å². The predicted octanol–water partition coefficient (Wildman–Crippen LogP) is 4.84. The number of carbonyl (C=O) groups is 2. The number of likely N-dealkylation sites (tertiary alicyclic amines) is 1. The third-order valence-corrected chi connectivity index (χ3v) is 7.90. The van der Waals surface area contributed by atoms with Gasteiger partial charge in [0.05, 0.1) is 23.0 Å². The van der Waals surface area contributed by atoms with Crippen molar-refractivity contribution < 1.29 is 27.5 Å². The molecule has 3 aliphatic heterocycles. The average molecular weight is 542 g/mol. The third kappa shape index (κ3) is 5.07. The number of nitrogens with one attached hydrogen (secondary N) is 1. The minimum absolute atomic E-state index is 0.0147. The molecule has 0 saturated carbocycles. The number of nitrogens with zero attached hydrogens (tertiary/aromatic N) is 4. The van der Waals surface area contributed by atoms with Gasteiger partial charge < -0.3 is 19.5 Å². The molecule has 2 aromatic carbocycles. The molecule has 6 rings (SSSR count). The molecular weight excluding hydrogens is 511 g/mol. The average Bonchev–Trinajstić information content (AvgIpc) is 3.68. The van der Waals surface area contributed by atoms with Crippen molar-refractivity contribution in [2.45, 2.75) is 50.4 Å². The normalized spacial score (nSPS) is 20.7. The number of hydrogen-bond acceptors (Lipinski definition) is 4. The number of rotatable bonds is 5. The van der Waals surface area contributed by atoms with Crippen LogP contribution in [0.3, 0.4) is 0 Å². The Morgan fingerprint density at radius 2 is 1.82 bits per heavy atom. The highest BCUT2D eigenvalue weighted by Gasteiger charge is 2.34. The van der Waals surface area contributed by atoms with Gasteiger partial charge in [-0.2, -0.15) is 13.2 Å². The lowest BCUT2D eigenvalue weighted by molar-refractivity contribution is -0.137. The summed E-state index contributed by atoms with van der Waals surface area (Å²) in [5, 5.41) is 2.78. The van der Waals surface area contributed by atoms with Crippen LogP contribution in [0.15, 0.2) is 42.5 Å². The van der Waals surface area contributed by atoms with Gasteiger partial charge in [-0.05, 0) is 61.6 Å². The molecule has 11 heteroatoms. The SMILES string of the molecule is O=C(Cc1ccc(N2CCNC2=O)cc1)N1CCC(n2c(C3CCCO3)nc3cc(C(F)(F)F)ccc32)CC1. The second-order valence-electron chi connectivity index (χ2n) is 10.4. The van der Waals surface area contributed by atoms with Gasteiger partial charge in [0.1, 0.15) is 11.9 Å². The maximum absolute atomic E-state index is 13.3. The van der Waals surface area contributed by atoms with E-state index in [1.165, 1.54) is 6.07 Å². The number of urea groups is 1. The highest BCUT2D eigenvalue weighted by molar-refractivity contribution is 5.94. The molecule has 39 heavy (non-hydrogen) atoms. The summed E-state index contributed by atoms with van der Waals surface area (Å²) in [5.74, 6) is 0.711. The van der Waals surface area contributed by atoms with Crippen LogP contribution < -0.4 is 10.2 Å². The van der Waals surface area contributed by atoms with Gasteiger partial charge in [-0.1, -0.05) is 12.1 Å². The van der Waals surface area contributed by atoms with Crippen molar-refractivity contribution in [3.63, 3.8) is 0 Å². The van der Waals surface area contributed by atoms with E-state index in [-0.39, 0.29) is 30.5 Å². The Bertz CT molecular complexity index is 1370. The Hall–Kier alpha value is -3.60. The number of anilines is 1. The van der Waals surface area contributed by atoms with Crippen LogP contribution in [0.4, 0.5) is 23.7 Å². The van der Waals surface area contributed by atoms with Crippen molar-refractivity contribution in [2.24, 2.45) is 0 Å². The Morgan fingerprint density at radius 1 is 1.05 bits per heavy atom. The minimum atomic E-state index is -4.43. The van der Waals surface area contributed by atoms with Crippen molar-refractivity contribution in [2.75, 3.05) is 37.7 Å². The molecule has 3 aliphatic rings. The van der Waals surface area contributed by atoms with Crippen LogP contribution in [0.25, 0.3) is 11.0 Å². The van der Waals surface area contributed by atoms with Crippen molar-refractivity contribution >= 4 is 28.7 Å². The summed E-state index contributed by atoms with van der Waals surface area (Å²) in [6.45, 7) is 2.96. The molecule has 3 fully saturated rings. The second kappa shape index (κ2) is 10.2. The number of alkyl halides is 3. The molecule has 8 nitrogen and oxygen atoms in total. The monoisotopic (exact) mass is 541 g/mol. The highest BCUT2D eigenvalue weighted by Crippen LogP contribution is 2.38. The fraction of sp³-hybridized carbons (Fsp3) is 0.464. The Kier molecular flexibility index (Phi) is 6.70. The first kappa shape index (κ1) is 25.7. The third-order valence-electron chi connectivity index (χ3n) is 7.90. The van der Waals surface area contributed by atoms with Crippen LogP contribution in [0.2, 0.25) is 0 Å². The molecule has 1 atom stereocenters. The zero-order valence-corrected chi connectivity index (χ0v) is 21.4. The zero-order valence-electron chi connectivity index (χ0n) is 21.4. The summed E-state index contributed by atoms with van der Waals surface area (Å²) in [5.41, 5.74) is 1.97. The zero-order chi connectivity index (χ0) is 27.1. The number of hydrogen-bond donors (Lipinski definition) is 1. The standard InChI is InChI=1S/C28H30F3N5O3/c29-28(30,31)19-5-8-23-22(17-19)33-26(24-2-1-15-39-24)36(23)21-9-12-34(13-10-21)25(37)16-18-3-6-20(7-4-18)35-14-11-32-27(35)38/h3-8,17,21,24H,1-2,9-16H2,(H,32,38). The minimum Gasteiger partial charge on any atom is -0.370 e. The summed E-state index contributed by atoms with van der Waals surface area (Å²) in [4.78, 5) is 33.1. The molecule has 206 valence electrons. The van der Waals surface area contributed by atoms with Gasteiger partial charge in [-0.3, -0.25) is 9.69 Å². The number of ether oxygens (including phenoxy) is 1. The molecule has 0 spiro atoms. The molecule has 1 N–H and O–H groups in total. The number of aromatic nitrogens is 2. The van der Waals surface area contributed by atoms with Crippen molar-refractivity contribution in [1.82, 2.24) is 19.8 Å². The molecule has 4 heterocycles. The van der Waals surface area contributed by atoms with Gasteiger partial charge in [-0.25, -0.2) is 9.78 Å². The Morgan fingerprint density at radius 3 is 2.46 bits per heavy atom. The van der Waals surface area contributed by atoms with Crippen LogP contribution in [0, 0.1) is 0 Å². The first-order chi connectivity index (χ1) is 18.8. The second-order valence-corrected chi connectivity index (χ2v) is 10.4. The van der Waals surface area contributed by atoms with Crippen LogP contribution in [0.1, 0.15) is 54.8 Å². The molecule has 0 aliphatic carbocycles. The molecule has 3 aromatic rings. The highest BCUT2D eigenvalue weighted by atomic mass is 19.4. The molecule has 0 bridgehead atoms. The lowest BCUT2D eigenvalue weighted by Gasteiger charge is -2.34. The van der Waals surface area contributed by atoms with E-state index < -0.39 is 11.7 Å². The van der Waals surface area contributed by atoms with Crippen molar-refractivity contribution in [3.05, 3.63) is 59.4 Å². The van der Waals surface area contributed by atoms with Gasteiger partial charge in [0.25, 0.3) is 0 Å². The topological polar surface area (TPSA) is 79.7 Å². The Labute approximate surface area is 223 Å². The molecule has 3 saturated heterocycles. The Balaban J connectivity index is 1.15. The van der Waals surface area contributed by atoms with Gasteiger partial charge in [0, 0.05) is 44.5 Å². The summed E-state index contributed by atoms with van der Waals surface area (Å²) in [6.07, 6.45) is -1.36. The summed E-state index contributed by atoms with van der Waals surface area (Å²) < 4.78 is 48.0. The molecule has 1 unspecified atom stereocenters. The van der Waals surface area contributed by atoms with Crippen LogP contribution in [0.5, 0.6) is 0 Å². The van der Waals surface area contributed by atoms with E-state index in [0.717, 1.165) is 36.2 Å². The van der Waals surface area contributed by atoms with E-state index in [4.69, 9.17) is 4.74 Å². The van der Waals surface area contributed by atoms with Gasteiger partial charge in [0.15, 0.2) is 0 Å². The molecule has 1 aromatic heterocycles. The fourth-order valence-corrected chi connectivity index (χ4v) is 5.86. The molecular formula is C28H30F3N5O3. The predicted molar refractivity (Wildman–Crippen MR) is 138 cm³/mol. The summed E-state index contributed by atoms with van der Waals surface area (Å²) >= 11 is 0. The molecule has 0 radical (unpaired) electrons. The van der Waals surface area contributed by atoms with E-state index in [9.17, 15) is 22.8 Å². The van der Waals surface area contributed by atoms with Crippen LogP contribution >= 0.6 is 0 Å². The number of amides is 3. The van der Waals surface area contributed by atoms with Crippen molar-refractivity contribution in [3.8, 4) is 0 Å². The number of fused-ring (bicyclic) bond motifs is 1. The smallest absolute Gasteiger partial charge is 0.370 e. The lowest BCUT2D eigenvalue weighted by atomic mass is 10.0. The lowest BCUT2D eigenvalue weighted by Crippen LogP contribution is -2.40. The number of piperidine rings is 1. The fourth-order valence-electron chi connectivity index (χ4n) is 5.86. The van der Waals surface area contributed by atoms with E-state index in [1.54, 1.807) is 4.90 Å². The first-order valence-electron chi connectivity index (χ1n) is 13.4. The van der Waals surface area contributed by atoms with E-state index in [0.29, 0.717) is 62.5 Å². The maximum atomic E-state index is 13.3. The largest absolute Gasteiger partial charge is 0.416 e. The summed E-state index contributed by atoms with van der Waals surface area (Å²) in [7, 11) is 0. The van der Waals surface area contributed by atoms with E-state index in [1.807, 2.05) is 29.2 Å². The first-order valence-corrected chi connectivity index (χ1v) is 13.4. The van der Waals surface area contributed by atoms with Crippen molar-refractivity contribution in [1.29, 1.82) is 0 Å². The quantitative estimate of drug-likeness (QED) is 0.501. The van der Waals surface area contributed by atoms with Gasteiger partial charge >= 0.3 is 12.2 Å². The van der Waals surface area contributed by atoms with Crippen LogP contribution in [-0.2, 0) is 22.1 Å². The number of halogens is 3. The number of benzene rings is 2. The van der Waals surface area contributed by atoms with E-state index in [2.05, 4.69) is 14.9 Å². The summed E-state index contributed by atoms with van der Waals surface area (Å²) in [6, 6.07) is 11.1. The van der Waals surface area contributed by atoms with Crippen LogP contribution in [-0.4, -0.2) is 59.2 Å². The molecule has 3 amide bonds. The number of imidazole rings is 1. The van der Waals surface area contributed by atoms with Gasteiger partial charge in [0.2, 0.25) is 5.91 Å². The number of carbonyl (C=O) groups excluding carboxylic acids is 2. The maximum Gasteiger partial charge on any atom is 0.416 e.